The van der Waals surface area contributed by atoms with E-state index in [9.17, 15) is 9.18 Å². The number of carbonyl (C=O) groups excluding carboxylic acids is 1. The SMILES string of the molecule is CCCCN1CCOc2ccccc2CCCCC2(CCN(C(=O)Cc3c(F)cccc3Cl)CC2)C1. The summed E-state index contributed by atoms with van der Waals surface area (Å²) in [6.07, 6.45) is 8.90. The summed E-state index contributed by atoms with van der Waals surface area (Å²) < 4.78 is 20.5. The van der Waals surface area contributed by atoms with Crippen LogP contribution >= 0.6 is 11.6 Å². The summed E-state index contributed by atoms with van der Waals surface area (Å²) >= 11 is 6.18. The molecular weight excluding hydrogens is 475 g/mol. The van der Waals surface area contributed by atoms with Crippen LogP contribution in [0.3, 0.4) is 0 Å². The molecule has 2 aliphatic heterocycles. The van der Waals surface area contributed by atoms with Crippen LogP contribution in [0.2, 0.25) is 5.02 Å². The summed E-state index contributed by atoms with van der Waals surface area (Å²) in [6, 6.07) is 13.0. The standard InChI is InChI=1S/C30H40ClFN2O2/c1-2-3-17-33-20-21-36-28-13-5-4-9-24(28)10-6-7-14-30(23-33)15-18-34(19-16-30)29(35)22-25-26(31)11-8-12-27(25)32/h4-5,8-9,11-13H,2-3,6-7,10,14-23H2,1H3. The second kappa shape index (κ2) is 12.9. The van der Waals surface area contributed by atoms with Crippen LogP contribution in [-0.4, -0.2) is 55.0 Å². The lowest BCUT2D eigenvalue weighted by atomic mass is 9.73. The number of benzene rings is 2. The molecule has 2 aromatic rings. The highest BCUT2D eigenvalue weighted by Crippen LogP contribution is 2.39. The molecule has 1 spiro atoms. The third-order valence-corrected chi connectivity index (χ3v) is 8.35. The molecule has 2 aliphatic rings. The molecule has 1 saturated heterocycles. The third-order valence-electron chi connectivity index (χ3n) is 7.99. The average molecular weight is 515 g/mol. The highest BCUT2D eigenvalue weighted by atomic mass is 35.5. The van der Waals surface area contributed by atoms with E-state index in [1.165, 1.54) is 37.3 Å². The first-order valence-electron chi connectivity index (χ1n) is 13.6. The third kappa shape index (κ3) is 7.01. The van der Waals surface area contributed by atoms with Crippen LogP contribution in [0, 0.1) is 11.2 Å². The smallest absolute Gasteiger partial charge is 0.227 e. The molecule has 36 heavy (non-hydrogen) atoms. The molecule has 0 radical (unpaired) electrons. The topological polar surface area (TPSA) is 32.8 Å². The number of likely N-dealkylation sites (tertiary alicyclic amines) is 1. The zero-order valence-electron chi connectivity index (χ0n) is 21.6. The molecule has 0 N–H and O–H groups in total. The van der Waals surface area contributed by atoms with Crippen LogP contribution in [0.15, 0.2) is 42.5 Å². The number of nitrogens with zero attached hydrogens (tertiary/aromatic N) is 2. The fraction of sp³-hybridized carbons (Fsp3) is 0.567. The summed E-state index contributed by atoms with van der Waals surface area (Å²) in [5.74, 6) is 0.599. The van der Waals surface area contributed by atoms with E-state index in [1.807, 2.05) is 4.90 Å². The van der Waals surface area contributed by atoms with Gasteiger partial charge in [-0.3, -0.25) is 9.69 Å². The van der Waals surface area contributed by atoms with Crippen LogP contribution < -0.4 is 4.74 Å². The highest BCUT2D eigenvalue weighted by Gasteiger charge is 2.37. The number of ether oxygens (including phenoxy) is 1. The van der Waals surface area contributed by atoms with Gasteiger partial charge in [-0.1, -0.05) is 55.6 Å². The highest BCUT2D eigenvalue weighted by molar-refractivity contribution is 6.31. The van der Waals surface area contributed by atoms with E-state index < -0.39 is 5.82 Å². The predicted octanol–water partition coefficient (Wildman–Crippen LogP) is 6.54. The number of amides is 1. The summed E-state index contributed by atoms with van der Waals surface area (Å²) in [6.45, 7) is 7.45. The Labute approximate surface area is 220 Å². The molecular formula is C30H40ClFN2O2. The van der Waals surface area contributed by atoms with Gasteiger partial charge in [0.1, 0.15) is 18.2 Å². The quantitative estimate of drug-likeness (QED) is 0.454. The molecule has 0 aromatic heterocycles. The monoisotopic (exact) mass is 514 g/mol. The Morgan fingerprint density at radius 3 is 2.64 bits per heavy atom. The minimum absolute atomic E-state index is 0.0257. The number of fused-ring (bicyclic) bond motifs is 1. The second-order valence-corrected chi connectivity index (χ2v) is 11.0. The van der Waals surface area contributed by atoms with E-state index in [0.29, 0.717) is 17.2 Å². The van der Waals surface area contributed by atoms with Gasteiger partial charge in [-0.25, -0.2) is 4.39 Å². The van der Waals surface area contributed by atoms with Gasteiger partial charge in [0, 0.05) is 36.8 Å². The predicted molar refractivity (Wildman–Crippen MR) is 144 cm³/mol. The molecule has 0 saturated carbocycles. The molecule has 6 heteroatoms. The van der Waals surface area contributed by atoms with Crippen molar-refractivity contribution in [1.82, 2.24) is 9.80 Å². The van der Waals surface area contributed by atoms with E-state index in [1.54, 1.807) is 12.1 Å². The van der Waals surface area contributed by atoms with Gasteiger partial charge in [0.15, 0.2) is 0 Å². The number of piperidine rings is 1. The Bertz CT molecular complexity index is 986. The van der Waals surface area contributed by atoms with Crippen molar-refractivity contribution in [3.05, 3.63) is 64.4 Å². The molecule has 0 bridgehead atoms. The normalized spacial score (nSPS) is 19.1. The molecule has 1 amide bonds. The minimum atomic E-state index is -0.404. The van der Waals surface area contributed by atoms with Crippen molar-refractivity contribution >= 4 is 17.5 Å². The number of hydrogen-bond donors (Lipinski definition) is 0. The number of rotatable bonds is 5. The Balaban J connectivity index is 1.43. The second-order valence-electron chi connectivity index (χ2n) is 10.6. The molecule has 2 aromatic carbocycles. The van der Waals surface area contributed by atoms with Gasteiger partial charge in [0.05, 0.1) is 6.42 Å². The van der Waals surface area contributed by atoms with Crippen molar-refractivity contribution < 1.29 is 13.9 Å². The van der Waals surface area contributed by atoms with E-state index >= 15 is 0 Å². The van der Waals surface area contributed by atoms with E-state index in [2.05, 4.69) is 36.1 Å². The summed E-state index contributed by atoms with van der Waals surface area (Å²) in [4.78, 5) is 17.6. The maximum Gasteiger partial charge on any atom is 0.227 e. The van der Waals surface area contributed by atoms with Crippen molar-refractivity contribution in [2.45, 2.75) is 64.7 Å². The number of carbonyl (C=O) groups is 1. The zero-order chi connectivity index (χ0) is 25.4. The molecule has 2 heterocycles. The molecule has 4 nitrogen and oxygen atoms in total. The molecule has 0 atom stereocenters. The molecule has 0 aliphatic carbocycles. The van der Waals surface area contributed by atoms with E-state index in [4.69, 9.17) is 16.3 Å². The first-order chi connectivity index (χ1) is 17.5. The zero-order valence-corrected chi connectivity index (χ0v) is 22.4. The van der Waals surface area contributed by atoms with Gasteiger partial charge in [-0.15, -0.1) is 0 Å². The van der Waals surface area contributed by atoms with Crippen molar-refractivity contribution in [3.63, 3.8) is 0 Å². The molecule has 4 rings (SSSR count). The lowest BCUT2D eigenvalue weighted by molar-refractivity contribution is -0.133. The first kappa shape index (κ1) is 26.9. The van der Waals surface area contributed by atoms with Crippen molar-refractivity contribution in [2.24, 2.45) is 5.41 Å². The number of unbranched alkanes of at least 4 members (excludes halogenated alkanes) is 1. The van der Waals surface area contributed by atoms with Crippen molar-refractivity contribution in [1.29, 1.82) is 0 Å². The van der Waals surface area contributed by atoms with Crippen LogP contribution in [0.4, 0.5) is 4.39 Å². The molecule has 196 valence electrons. The van der Waals surface area contributed by atoms with Crippen LogP contribution in [0.25, 0.3) is 0 Å². The summed E-state index contributed by atoms with van der Waals surface area (Å²) in [7, 11) is 0. The fourth-order valence-electron chi connectivity index (χ4n) is 5.76. The maximum absolute atomic E-state index is 14.2. The Hall–Kier alpha value is -2.11. The first-order valence-corrected chi connectivity index (χ1v) is 14.0. The van der Waals surface area contributed by atoms with Gasteiger partial charge in [0.2, 0.25) is 5.91 Å². The summed E-state index contributed by atoms with van der Waals surface area (Å²) in [5, 5.41) is 0.325. The number of para-hydroxylation sites is 1. The Morgan fingerprint density at radius 2 is 1.86 bits per heavy atom. The minimum Gasteiger partial charge on any atom is -0.492 e. The van der Waals surface area contributed by atoms with Crippen molar-refractivity contribution in [2.75, 3.05) is 39.3 Å². The van der Waals surface area contributed by atoms with Crippen LogP contribution in [0.1, 0.15) is 63.0 Å². The summed E-state index contributed by atoms with van der Waals surface area (Å²) in [5.41, 5.74) is 1.82. The van der Waals surface area contributed by atoms with Gasteiger partial charge in [-0.2, -0.15) is 0 Å². The van der Waals surface area contributed by atoms with Crippen LogP contribution in [-0.2, 0) is 17.6 Å². The van der Waals surface area contributed by atoms with Gasteiger partial charge in [0.25, 0.3) is 0 Å². The lowest BCUT2D eigenvalue weighted by Crippen LogP contribution is -2.49. The maximum atomic E-state index is 14.2. The Morgan fingerprint density at radius 1 is 1.06 bits per heavy atom. The fourth-order valence-corrected chi connectivity index (χ4v) is 5.99. The van der Waals surface area contributed by atoms with Gasteiger partial charge >= 0.3 is 0 Å². The molecule has 1 fully saturated rings. The number of halogens is 2. The van der Waals surface area contributed by atoms with Crippen molar-refractivity contribution in [3.8, 4) is 5.75 Å². The van der Waals surface area contributed by atoms with Gasteiger partial charge < -0.3 is 9.64 Å². The number of aryl methyl sites for hydroxylation is 1. The molecule has 0 unspecified atom stereocenters. The largest absolute Gasteiger partial charge is 0.492 e. The van der Waals surface area contributed by atoms with E-state index in [-0.39, 0.29) is 17.7 Å². The van der Waals surface area contributed by atoms with E-state index in [0.717, 1.165) is 64.2 Å². The van der Waals surface area contributed by atoms with Gasteiger partial charge in [-0.05, 0) is 74.2 Å². The lowest BCUT2D eigenvalue weighted by Gasteiger charge is -2.45. The average Bonchev–Trinajstić information content (AvgIpc) is 2.88. The Kier molecular flexibility index (Phi) is 9.66. The van der Waals surface area contributed by atoms with Crippen LogP contribution in [0.5, 0.6) is 5.75 Å². The number of hydrogen-bond acceptors (Lipinski definition) is 3.